The van der Waals surface area contributed by atoms with Crippen LogP contribution in [0.1, 0.15) is 6.42 Å². The highest BCUT2D eigenvalue weighted by Crippen LogP contribution is 2.05. The Labute approximate surface area is 41.4 Å². The van der Waals surface area contributed by atoms with E-state index in [1.165, 1.54) is 0 Å². The second-order valence-electron chi connectivity index (χ2n) is 1.21. The normalized spacial score (nSPS) is 34.5. The Bertz CT molecular complexity index is 44.1. The maximum Gasteiger partial charge on any atom is 0.153 e. The summed E-state index contributed by atoms with van der Waals surface area (Å²) in [5.41, 5.74) is 2.55. The van der Waals surface area contributed by atoms with Gasteiger partial charge in [0.25, 0.3) is 0 Å². The molecule has 1 rings (SSSR count). The first-order chi connectivity index (χ1) is 2.89. The van der Waals surface area contributed by atoms with Crippen molar-refractivity contribution in [3.63, 3.8) is 0 Å². The summed E-state index contributed by atoms with van der Waals surface area (Å²) in [6.45, 7) is 0.883. The molecular formula is C3H6ClNO. The van der Waals surface area contributed by atoms with E-state index < -0.39 is 0 Å². The highest BCUT2D eigenvalue weighted by atomic mass is 35.5. The van der Waals surface area contributed by atoms with Crippen LogP contribution in [0.15, 0.2) is 0 Å². The van der Waals surface area contributed by atoms with E-state index in [9.17, 15) is 0 Å². The highest BCUT2D eigenvalue weighted by Gasteiger charge is 2.09. The number of hydrogen-bond donors (Lipinski definition) is 1. The lowest BCUT2D eigenvalue weighted by Crippen LogP contribution is -2.03. The van der Waals surface area contributed by atoms with Gasteiger partial charge in [-0.15, -0.1) is 0 Å². The molecule has 6 heavy (non-hydrogen) atoms. The predicted octanol–water partition coefficient (Wildman–Crippen LogP) is 0.476. The lowest BCUT2D eigenvalue weighted by Gasteiger charge is -1.90. The average molecular weight is 108 g/mol. The van der Waals surface area contributed by atoms with Crippen LogP contribution in [0.4, 0.5) is 0 Å². The minimum Gasteiger partial charge on any atom is -0.282 e. The molecule has 1 saturated heterocycles. The van der Waals surface area contributed by atoms with Crippen LogP contribution in [0.2, 0.25) is 0 Å². The fraction of sp³-hybridized carbons (Fsp3) is 1.00. The maximum atomic E-state index is 5.43. The lowest BCUT2D eigenvalue weighted by molar-refractivity contribution is 0.0790. The van der Waals surface area contributed by atoms with Gasteiger partial charge < -0.3 is 0 Å². The van der Waals surface area contributed by atoms with Crippen molar-refractivity contribution < 1.29 is 4.84 Å². The van der Waals surface area contributed by atoms with Crippen LogP contribution in [0.25, 0.3) is 0 Å². The van der Waals surface area contributed by atoms with E-state index >= 15 is 0 Å². The van der Waals surface area contributed by atoms with Gasteiger partial charge in [-0.1, -0.05) is 11.6 Å². The molecule has 36 valence electrons. The summed E-state index contributed by atoms with van der Waals surface area (Å²) in [6.07, 6.45) is 0.918. The van der Waals surface area contributed by atoms with Crippen molar-refractivity contribution in [2.75, 3.05) is 6.54 Å². The molecule has 1 N–H and O–H groups in total. The van der Waals surface area contributed by atoms with E-state index in [0.29, 0.717) is 0 Å². The van der Waals surface area contributed by atoms with Crippen molar-refractivity contribution >= 4 is 11.6 Å². The lowest BCUT2D eigenvalue weighted by atomic mass is 10.5. The fourth-order valence-electron chi connectivity index (χ4n) is 0.381. The monoisotopic (exact) mass is 107 g/mol. The third-order valence-corrected chi connectivity index (χ3v) is 0.992. The number of alkyl halides is 1. The standard InChI is InChI=1S/C3H6ClNO/c4-3-1-2-5-6-3/h3,5H,1-2H2. The zero-order chi connectivity index (χ0) is 4.41. The highest BCUT2D eigenvalue weighted by molar-refractivity contribution is 6.19. The van der Waals surface area contributed by atoms with Gasteiger partial charge in [-0.3, -0.25) is 4.84 Å². The Morgan fingerprint density at radius 3 is 2.83 bits per heavy atom. The molecule has 2 nitrogen and oxygen atoms in total. The van der Waals surface area contributed by atoms with Gasteiger partial charge in [-0.25, -0.2) is 5.48 Å². The maximum absolute atomic E-state index is 5.43. The molecule has 1 heterocycles. The van der Waals surface area contributed by atoms with E-state index in [1.807, 2.05) is 0 Å². The molecule has 1 fully saturated rings. The minimum absolute atomic E-state index is 0.0926. The van der Waals surface area contributed by atoms with Crippen LogP contribution in [0.5, 0.6) is 0 Å². The second-order valence-corrected chi connectivity index (χ2v) is 1.70. The molecular weight excluding hydrogens is 101 g/mol. The van der Waals surface area contributed by atoms with Crippen molar-refractivity contribution in [1.29, 1.82) is 0 Å². The summed E-state index contributed by atoms with van der Waals surface area (Å²) in [4.78, 5) is 4.67. The largest absolute Gasteiger partial charge is 0.282 e. The van der Waals surface area contributed by atoms with Gasteiger partial charge in [0.1, 0.15) is 0 Å². The summed E-state index contributed by atoms with van der Waals surface area (Å²) in [5, 5.41) is 0. The molecule has 0 saturated carbocycles. The topological polar surface area (TPSA) is 21.3 Å². The molecule has 1 atom stereocenters. The molecule has 1 unspecified atom stereocenters. The van der Waals surface area contributed by atoms with Crippen molar-refractivity contribution in [3.05, 3.63) is 0 Å². The van der Waals surface area contributed by atoms with Crippen molar-refractivity contribution in [3.8, 4) is 0 Å². The van der Waals surface area contributed by atoms with E-state index in [4.69, 9.17) is 11.6 Å². The Morgan fingerprint density at radius 1 is 1.83 bits per heavy atom. The van der Waals surface area contributed by atoms with Gasteiger partial charge in [-0.2, -0.15) is 0 Å². The number of rotatable bonds is 0. The first-order valence-electron chi connectivity index (χ1n) is 1.92. The Morgan fingerprint density at radius 2 is 2.67 bits per heavy atom. The molecule has 0 spiro atoms. The van der Waals surface area contributed by atoms with Gasteiger partial charge in [0, 0.05) is 13.0 Å². The average Bonchev–Trinajstić information content (AvgIpc) is 1.86. The number of halogens is 1. The summed E-state index contributed by atoms with van der Waals surface area (Å²) in [5.74, 6) is 0. The van der Waals surface area contributed by atoms with E-state index in [1.54, 1.807) is 0 Å². The molecule has 1 aliphatic heterocycles. The quantitative estimate of drug-likeness (QED) is 0.455. The van der Waals surface area contributed by atoms with Crippen LogP contribution >= 0.6 is 11.6 Å². The van der Waals surface area contributed by atoms with Gasteiger partial charge in [-0.05, 0) is 0 Å². The molecule has 0 aliphatic carbocycles. The molecule has 1 aliphatic rings. The van der Waals surface area contributed by atoms with Crippen molar-refractivity contribution in [2.24, 2.45) is 0 Å². The minimum atomic E-state index is -0.0926. The first-order valence-corrected chi connectivity index (χ1v) is 2.36. The van der Waals surface area contributed by atoms with Gasteiger partial charge >= 0.3 is 0 Å². The summed E-state index contributed by atoms with van der Waals surface area (Å²) < 4.78 is 0. The summed E-state index contributed by atoms with van der Waals surface area (Å²) in [7, 11) is 0. The van der Waals surface area contributed by atoms with Gasteiger partial charge in [0.15, 0.2) is 5.56 Å². The number of nitrogens with one attached hydrogen (secondary N) is 1. The SMILES string of the molecule is ClC1CCNO1. The van der Waals surface area contributed by atoms with E-state index in [0.717, 1.165) is 13.0 Å². The molecule has 0 radical (unpaired) electrons. The fourth-order valence-corrected chi connectivity index (χ4v) is 0.553. The Balaban J connectivity index is 2.18. The summed E-state index contributed by atoms with van der Waals surface area (Å²) in [6, 6.07) is 0. The Kier molecular flexibility index (Phi) is 1.29. The van der Waals surface area contributed by atoms with Crippen molar-refractivity contribution in [2.45, 2.75) is 12.0 Å². The molecule has 0 amide bonds. The Hall–Kier alpha value is 0.210. The van der Waals surface area contributed by atoms with Crippen molar-refractivity contribution in [1.82, 2.24) is 5.48 Å². The van der Waals surface area contributed by atoms with E-state index in [-0.39, 0.29) is 5.56 Å². The van der Waals surface area contributed by atoms with Crippen LogP contribution in [0, 0.1) is 0 Å². The molecule has 0 bridgehead atoms. The molecule has 3 heteroatoms. The second kappa shape index (κ2) is 1.78. The molecule has 0 aromatic heterocycles. The third kappa shape index (κ3) is 0.834. The molecule has 0 aromatic carbocycles. The third-order valence-electron chi connectivity index (χ3n) is 0.685. The zero-order valence-electron chi connectivity index (χ0n) is 3.28. The number of hydroxylamine groups is 1. The van der Waals surface area contributed by atoms with Crippen LogP contribution in [-0.2, 0) is 4.84 Å². The van der Waals surface area contributed by atoms with Gasteiger partial charge in [0.2, 0.25) is 0 Å². The van der Waals surface area contributed by atoms with Gasteiger partial charge in [0.05, 0.1) is 0 Å². The zero-order valence-corrected chi connectivity index (χ0v) is 4.03. The predicted molar refractivity (Wildman–Crippen MR) is 23.3 cm³/mol. The number of hydrogen-bond acceptors (Lipinski definition) is 2. The molecule has 0 aromatic rings. The van der Waals surface area contributed by atoms with Crippen LogP contribution < -0.4 is 5.48 Å². The van der Waals surface area contributed by atoms with Crippen LogP contribution in [0.3, 0.4) is 0 Å². The first kappa shape index (κ1) is 4.37. The van der Waals surface area contributed by atoms with Crippen LogP contribution in [-0.4, -0.2) is 12.1 Å². The summed E-state index contributed by atoms with van der Waals surface area (Å²) >= 11 is 5.43. The smallest absolute Gasteiger partial charge is 0.153 e. The van der Waals surface area contributed by atoms with E-state index in [2.05, 4.69) is 10.3 Å².